The average molecular weight is 486 g/mol. The molecule has 0 aromatic heterocycles. The number of hydrogen-bond donors (Lipinski definition) is 1. The van der Waals surface area contributed by atoms with Crippen molar-refractivity contribution in [2.24, 2.45) is 0 Å². The summed E-state index contributed by atoms with van der Waals surface area (Å²) in [5, 5.41) is 2.87. The SMILES string of the molecule is COc1ccc(CNC(=O)[C@@H](C)N2CCN(S(=O)(=O)c3ccc(C(F)(F)F)cc3)CC2)cc1. The molecule has 0 unspecified atom stereocenters. The molecule has 1 aliphatic heterocycles. The number of amides is 1. The van der Waals surface area contributed by atoms with Crippen LogP contribution in [-0.2, 0) is 27.5 Å². The van der Waals surface area contributed by atoms with Gasteiger partial charge < -0.3 is 10.1 Å². The minimum atomic E-state index is -4.53. The van der Waals surface area contributed by atoms with Gasteiger partial charge in [-0.25, -0.2) is 8.42 Å². The molecule has 2 aromatic carbocycles. The Bertz CT molecular complexity index is 1050. The van der Waals surface area contributed by atoms with Crippen LogP contribution in [0.5, 0.6) is 5.75 Å². The number of nitrogens with one attached hydrogen (secondary N) is 1. The molecule has 1 amide bonds. The van der Waals surface area contributed by atoms with Crippen molar-refractivity contribution in [3.05, 3.63) is 59.7 Å². The Morgan fingerprint density at radius 3 is 2.12 bits per heavy atom. The summed E-state index contributed by atoms with van der Waals surface area (Å²) in [6.07, 6.45) is -4.53. The summed E-state index contributed by atoms with van der Waals surface area (Å²) >= 11 is 0. The summed E-state index contributed by atoms with van der Waals surface area (Å²) < 4.78 is 70.1. The third kappa shape index (κ3) is 6.04. The molecule has 0 radical (unpaired) electrons. The smallest absolute Gasteiger partial charge is 0.416 e. The van der Waals surface area contributed by atoms with Crippen LogP contribution in [0.25, 0.3) is 0 Å². The third-order valence-electron chi connectivity index (χ3n) is 5.65. The topological polar surface area (TPSA) is 79.0 Å². The first-order chi connectivity index (χ1) is 15.5. The fraction of sp³-hybridized carbons (Fsp3) is 0.409. The maximum atomic E-state index is 12.8. The van der Waals surface area contributed by atoms with Crippen molar-refractivity contribution in [3.8, 4) is 5.75 Å². The number of hydrogen-bond acceptors (Lipinski definition) is 5. The van der Waals surface area contributed by atoms with Crippen LogP contribution >= 0.6 is 0 Å². The number of carbonyl (C=O) groups is 1. The van der Waals surface area contributed by atoms with Crippen LogP contribution in [0.15, 0.2) is 53.4 Å². The van der Waals surface area contributed by atoms with E-state index in [1.165, 1.54) is 4.31 Å². The molecule has 0 spiro atoms. The third-order valence-corrected chi connectivity index (χ3v) is 7.56. The molecule has 2 aromatic rings. The summed E-state index contributed by atoms with van der Waals surface area (Å²) in [7, 11) is -2.34. The molecule has 0 bridgehead atoms. The fourth-order valence-corrected chi connectivity index (χ4v) is 4.96. The zero-order valence-corrected chi connectivity index (χ0v) is 19.1. The molecule has 1 atom stereocenters. The molecule has 1 aliphatic rings. The molecular formula is C22H26F3N3O4S. The second kappa shape index (κ2) is 10.1. The number of halogens is 3. The Hall–Kier alpha value is -2.63. The van der Waals surface area contributed by atoms with E-state index in [4.69, 9.17) is 4.74 Å². The molecule has 0 aliphatic carbocycles. The lowest BCUT2D eigenvalue weighted by Crippen LogP contribution is -2.54. The monoisotopic (exact) mass is 485 g/mol. The number of rotatable bonds is 7. The predicted octanol–water partition coefficient (Wildman–Crippen LogP) is 2.73. The standard InChI is InChI=1S/C22H26F3N3O4S/c1-16(21(29)26-15-17-3-7-19(32-2)8-4-17)27-11-13-28(14-12-27)33(30,31)20-9-5-18(6-10-20)22(23,24)25/h3-10,16H,11-15H2,1-2H3,(H,26,29)/t16-/m1/s1. The highest BCUT2D eigenvalue weighted by Gasteiger charge is 2.34. The highest BCUT2D eigenvalue weighted by Crippen LogP contribution is 2.30. The van der Waals surface area contributed by atoms with E-state index in [1.807, 2.05) is 17.0 Å². The zero-order valence-electron chi connectivity index (χ0n) is 18.3. The average Bonchev–Trinajstić information content (AvgIpc) is 2.82. The van der Waals surface area contributed by atoms with E-state index in [2.05, 4.69) is 5.32 Å². The summed E-state index contributed by atoms with van der Waals surface area (Å²) in [6.45, 7) is 3.05. The van der Waals surface area contributed by atoms with Crippen LogP contribution in [0.1, 0.15) is 18.1 Å². The van der Waals surface area contributed by atoms with Gasteiger partial charge in [0.15, 0.2) is 0 Å². The minimum absolute atomic E-state index is 0.138. The van der Waals surface area contributed by atoms with Crippen molar-refractivity contribution in [3.63, 3.8) is 0 Å². The van der Waals surface area contributed by atoms with E-state index in [9.17, 15) is 26.4 Å². The lowest BCUT2D eigenvalue weighted by Gasteiger charge is -2.36. The van der Waals surface area contributed by atoms with E-state index in [0.717, 1.165) is 35.6 Å². The molecule has 1 heterocycles. The first-order valence-corrected chi connectivity index (χ1v) is 11.8. The molecule has 0 saturated carbocycles. The van der Waals surface area contributed by atoms with Crippen LogP contribution in [0.3, 0.4) is 0 Å². The van der Waals surface area contributed by atoms with Gasteiger partial charge in [0.1, 0.15) is 5.75 Å². The Morgan fingerprint density at radius 2 is 1.61 bits per heavy atom. The van der Waals surface area contributed by atoms with Gasteiger partial charge in [-0.2, -0.15) is 17.5 Å². The van der Waals surface area contributed by atoms with Crippen molar-refractivity contribution >= 4 is 15.9 Å². The van der Waals surface area contributed by atoms with Crippen LogP contribution in [0.4, 0.5) is 13.2 Å². The molecule has 33 heavy (non-hydrogen) atoms. The second-order valence-corrected chi connectivity index (χ2v) is 9.64. The van der Waals surface area contributed by atoms with Gasteiger partial charge in [-0.3, -0.25) is 9.69 Å². The largest absolute Gasteiger partial charge is 0.497 e. The Morgan fingerprint density at radius 1 is 1.03 bits per heavy atom. The first-order valence-electron chi connectivity index (χ1n) is 10.3. The van der Waals surface area contributed by atoms with E-state index >= 15 is 0 Å². The zero-order chi connectivity index (χ0) is 24.2. The van der Waals surface area contributed by atoms with E-state index < -0.39 is 27.8 Å². The number of benzene rings is 2. The number of methoxy groups -OCH3 is 1. The van der Waals surface area contributed by atoms with E-state index in [0.29, 0.717) is 19.6 Å². The number of ether oxygens (including phenoxy) is 1. The molecule has 11 heteroatoms. The molecular weight excluding hydrogens is 459 g/mol. The molecule has 7 nitrogen and oxygen atoms in total. The summed E-state index contributed by atoms with van der Waals surface area (Å²) in [6, 6.07) is 10.3. The van der Waals surface area contributed by atoms with Crippen LogP contribution in [0.2, 0.25) is 0 Å². The van der Waals surface area contributed by atoms with E-state index in [1.54, 1.807) is 26.2 Å². The lowest BCUT2D eigenvalue weighted by molar-refractivity contribution is -0.137. The Kier molecular flexibility index (Phi) is 7.65. The van der Waals surface area contributed by atoms with Gasteiger partial charge >= 0.3 is 6.18 Å². The van der Waals surface area contributed by atoms with Gasteiger partial charge in [0.05, 0.1) is 23.6 Å². The maximum Gasteiger partial charge on any atom is 0.416 e. The van der Waals surface area contributed by atoms with Crippen LogP contribution < -0.4 is 10.1 Å². The van der Waals surface area contributed by atoms with Crippen molar-refractivity contribution in [1.82, 2.24) is 14.5 Å². The van der Waals surface area contributed by atoms with Gasteiger partial charge in [-0.05, 0) is 48.9 Å². The van der Waals surface area contributed by atoms with Gasteiger partial charge in [0.25, 0.3) is 0 Å². The normalized spacial score (nSPS) is 16.9. The number of sulfonamides is 1. The quantitative estimate of drug-likeness (QED) is 0.653. The molecule has 3 rings (SSSR count). The highest BCUT2D eigenvalue weighted by atomic mass is 32.2. The van der Waals surface area contributed by atoms with Crippen molar-refractivity contribution in [1.29, 1.82) is 0 Å². The van der Waals surface area contributed by atoms with Crippen LogP contribution in [-0.4, -0.2) is 62.9 Å². The number of nitrogens with zero attached hydrogens (tertiary/aromatic N) is 2. The summed E-state index contributed by atoms with van der Waals surface area (Å²) in [5.74, 6) is 0.549. The van der Waals surface area contributed by atoms with Crippen molar-refractivity contribution in [2.45, 2.75) is 30.6 Å². The maximum absolute atomic E-state index is 12.8. The predicted molar refractivity (Wildman–Crippen MR) is 116 cm³/mol. The fourth-order valence-electron chi connectivity index (χ4n) is 3.54. The second-order valence-electron chi connectivity index (χ2n) is 7.70. The van der Waals surface area contributed by atoms with Gasteiger partial charge in [-0.15, -0.1) is 0 Å². The first kappa shape index (κ1) is 25.0. The van der Waals surface area contributed by atoms with Gasteiger partial charge in [0, 0.05) is 32.7 Å². The van der Waals surface area contributed by atoms with Crippen LogP contribution in [0, 0.1) is 0 Å². The molecule has 180 valence electrons. The number of piperazine rings is 1. The van der Waals surface area contributed by atoms with Gasteiger partial charge in [-0.1, -0.05) is 12.1 Å². The Labute approximate surface area is 191 Å². The van der Waals surface area contributed by atoms with Crippen molar-refractivity contribution in [2.75, 3.05) is 33.3 Å². The highest BCUT2D eigenvalue weighted by molar-refractivity contribution is 7.89. The molecule has 1 saturated heterocycles. The minimum Gasteiger partial charge on any atom is -0.497 e. The van der Waals surface area contributed by atoms with Gasteiger partial charge in [0.2, 0.25) is 15.9 Å². The Balaban J connectivity index is 1.54. The van der Waals surface area contributed by atoms with Crippen molar-refractivity contribution < 1.29 is 31.1 Å². The van der Waals surface area contributed by atoms with E-state index in [-0.39, 0.29) is 23.9 Å². The number of carbonyl (C=O) groups excluding carboxylic acids is 1. The summed E-state index contributed by atoms with van der Waals surface area (Å²) in [4.78, 5) is 14.2. The molecule has 1 fully saturated rings. The number of alkyl halides is 3. The summed E-state index contributed by atoms with van der Waals surface area (Å²) in [5.41, 5.74) is 0.0181. The molecule has 1 N–H and O–H groups in total. The lowest BCUT2D eigenvalue weighted by atomic mass is 10.2.